The number of carbonyl (C=O) groups is 1. The van der Waals surface area contributed by atoms with Gasteiger partial charge in [-0.2, -0.15) is 13.2 Å². The van der Waals surface area contributed by atoms with Gasteiger partial charge in [0.05, 0.1) is 0 Å². The fraction of sp³-hybridized carbons (Fsp3) is 0.250. The molecule has 8 heteroatoms. The molecule has 2 rings (SSSR count). The molecule has 0 N–H and O–H groups in total. The van der Waals surface area contributed by atoms with Crippen molar-refractivity contribution < 1.29 is 26.7 Å². The number of rotatable bonds is 5. The van der Waals surface area contributed by atoms with Gasteiger partial charge in [0.15, 0.2) is 0 Å². The van der Waals surface area contributed by atoms with Crippen LogP contribution in [0.3, 0.4) is 0 Å². The van der Waals surface area contributed by atoms with Gasteiger partial charge >= 0.3 is 6.18 Å². The lowest BCUT2D eigenvalue weighted by Crippen LogP contribution is -2.39. The van der Waals surface area contributed by atoms with E-state index in [1.807, 2.05) is 0 Å². The number of hydrogen-bond acceptors (Lipinski definition) is 2. The number of hydrogen-bond donors (Lipinski definition) is 0. The van der Waals surface area contributed by atoms with Gasteiger partial charge in [-0.05, 0) is 30.7 Å². The molecule has 0 saturated carbocycles. The Balaban J connectivity index is 2.16. The minimum Gasteiger partial charge on any atom is -0.288 e. The molecule has 0 aliphatic carbocycles. The van der Waals surface area contributed by atoms with Gasteiger partial charge in [-0.15, -0.1) is 0 Å². The van der Waals surface area contributed by atoms with Gasteiger partial charge in [0.1, 0.15) is 24.0 Å². The fourth-order valence-electron chi connectivity index (χ4n) is 2.13. The summed E-state index contributed by atoms with van der Waals surface area (Å²) >= 11 is 0. The molecule has 0 saturated heterocycles. The second-order valence-electron chi connectivity index (χ2n) is 4.98. The van der Waals surface area contributed by atoms with Crippen LogP contribution in [-0.2, 0) is 11.2 Å². The highest BCUT2D eigenvalue weighted by Crippen LogP contribution is 2.22. The number of aromatic nitrogens is 1. The molecule has 128 valence electrons. The lowest BCUT2D eigenvalue weighted by molar-refractivity contribution is -0.132. The van der Waals surface area contributed by atoms with Crippen LogP contribution in [0.2, 0.25) is 0 Å². The molecule has 1 heterocycles. The van der Waals surface area contributed by atoms with E-state index in [0.29, 0.717) is 4.90 Å². The van der Waals surface area contributed by atoms with Crippen LogP contribution in [0.5, 0.6) is 0 Å². The van der Waals surface area contributed by atoms with Gasteiger partial charge < -0.3 is 0 Å². The highest BCUT2D eigenvalue weighted by Gasteiger charge is 2.34. The summed E-state index contributed by atoms with van der Waals surface area (Å²) in [5, 5.41) is 0. The van der Waals surface area contributed by atoms with Crippen molar-refractivity contribution in [2.24, 2.45) is 0 Å². The zero-order valence-electron chi connectivity index (χ0n) is 12.4. The summed E-state index contributed by atoms with van der Waals surface area (Å²) in [4.78, 5) is 16.3. The Labute approximate surface area is 134 Å². The van der Waals surface area contributed by atoms with Crippen LogP contribution < -0.4 is 4.90 Å². The van der Waals surface area contributed by atoms with Gasteiger partial charge in [-0.3, -0.25) is 9.69 Å². The van der Waals surface area contributed by atoms with E-state index in [4.69, 9.17) is 0 Å². The summed E-state index contributed by atoms with van der Waals surface area (Å²) in [5.41, 5.74) is -0.334. The maximum atomic E-state index is 13.5. The average molecular weight is 344 g/mol. The van der Waals surface area contributed by atoms with Crippen LogP contribution in [0, 0.1) is 11.6 Å². The first-order valence-corrected chi connectivity index (χ1v) is 6.99. The quantitative estimate of drug-likeness (QED) is 0.771. The molecule has 0 aliphatic heterocycles. The Kier molecular flexibility index (Phi) is 5.48. The third kappa shape index (κ3) is 4.74. The van der Waals surface area contributed by atoms with Crippen LogP contribution >= 0.6 is 0 Å². The molecule has 0 radical (unpaired) electrons. The zero-order chi connectivity index (χ0) is 17.7. The molecule has 0 spiro atoms. The van der Waals surface area contributed by atoms with Crippen molar-refractivity contribution >= 4 is 11.7 Å². The number of halogens is 5. The fourth-order valence-corrected chi connectivity index (χ4v) is 2.13. The lowest BCUT2D eigenvalue weighted by Gasteiger charge is -2.23. The first-order valence-electron chi connectivity index (χ1n) is 6.99. The largest absolute Gasteiger partial charge is 0.406 e. The Morgan fingerprint density at radius 2 is 1.71 bits per heavy atom. The normalized spacial score (nSPS) is 11.4. The first kappa shape index (κ1) is 17.8. The van der Waals surface area contributed by atoms with Crippen LogP contribution in [-0.4, -0.2) is 23.6 Å². The highest BCUT2D eigenvalue weighted by atomic mass is 19.4. The number of nitrogens with zero attached hydrogens (tertiary/aromatic N) is 2. The second-order valence-corrected chi connectivity index (χ2v) is 4.98. The van der Waals surface area contributed by atoms with Crippen LogP contribution in [0.4, 0.5) is 27.8 Å². The molecule has 1 amide bonds. The van der Waals surface area contributed by atoms with E-state index in [2.05, 4.69) is 4.98 Å². The number of benzene rings is 1. The zero-order valence-corrected chi connectivity index (χ0v) is 12.4. The van der Waals surface area contributed by atoms with Crippen LogP contribution in [0.25, 0.3) is 0 Å². The average Bonchev–Trinajstić information content (AvgIpc) is 2.52. The monoisotopic (exact) mass is 344 g/mol. The molecule has 3 nitrogen and oxygen atoms in total. The van der Waals surface area contributed by atoms with Gasteiger partial charge in [-0.1, -0.05) is 12.1 Å². The topological polar surface area (TPSA) is 33.2 Å². The maximum absolute atomic E-state index is 13.5. The number of anilines is 1. The number of carbonyl (C=O) groups excluding carboxylic acids is 1. The summed E-state index contributed by atoms with van der Waals surface area (Å²) in [7, 11) is 0. The van der Waals surface area contributed by atoms with E-state index in [0.717, 1.165) is 12.1 Å². The van der Waals surface area contributed by atoms with Gasteiger partial charge in [-0.25, -0.2) is 13.8 Å². The predicted molar refractivity (Wildman–Crippen MR) is 77.3 cm³/mol. The molecule has 0 atom stereocenters. The summed E-state index contributed by atoms with van der Waals surface area (Å²) in [6.45, 7) is -1.53. The molecular weight excluding hydrogens is 331 g/mol. The minimum absolute atomic E-state index is 0.172. The summed E-state index contributed by atoms with van der Waals surface area (Å²) in [6.07, 6.45) is -4.21. The summed E-state index contributed by atoms with van der Waals surface area (Å²) < 4.78 is 65.2. The molecule has 0 fully saturated rings. The standard InChI is InChI=1S/C16H13F5N2O/c17-12-4-3-5-13(18)11(12)7-8-15(24)23(10-16(19,20)21)14-6-1-2-9-22-14/h1-6,9H,7-8,10H2. The van der Waals surface area contributed by atoms with Gasteiger partial charge in [0, 0.05) is 18.2 Å². The van der Waals surface area contributed by atoms with Crippen molar-refractivity contribution in [3.8, 4) is 0 Å². The number of alkyl halides is 3. The van der Waals surface area contributed by atoms with Crippen LogP contribution in [0.1, 0.15) is 12.0 Å². The molecule has 0 unspecified atom stereocenters. The van der Waals surface area contributed by atoms with Crippen molar-refractivity contribution in [1.29, 1.82) is 0 Å². The van der Waals surface area contributed by atoms with E-state index in [-0.39, 0.29) is 17.8 Å². The lowest BCUT2D eigenvalue weighted by atomic mass is 10.1. The SMILES string of the molecule is O=C(CCc1c(F)cccc1F)N(CC(F)(F)F)c1ccccn1. The molecular formula is C16H13F5N2O. The summed E-state index contributed by atoms with van der Waals surface area (Å²) in [6, 6.07) is 7.40. The van der Waals surface area contributed by atoms with Crippen molar-refractivity contribution in [3.05, 3.63) is 59.8 Å². The number of amides is 1. The van der Waals surface area contributed by atoms with Gasteiger partial charge in [0.2, 0.25) is 5.91 Å². The molecule has 0 aliphatic rings. The predicted octanol–water partition coefficient (Wildman–Crippen LogP) is 3.89. The Hall–Kier alpha value is -2.51. The third-order valence-corrected chi connectivity index (χ3v) is 3.21. The van der Waals surface area contributed by atoms with Crippen LogP contribution in [0.15, 0.2) is 42.6 Å². The van der Waals surface area contributed by atoms with Crippen molar-refractivity contribution in [2.75, 3.05) is 11.4 Å². The molecule has 0 bridgehead atoms. The van der Waals surface area contributed by atoms with Crippen molar-refractivity contribution in [1.82, 2.24) is 4.98 Å². The second kappa shape index (κ2) is 7.37. The van der Waals surface area contributed by atoms with E-state index in [9.17, 15) is 26.7 Å². The van der Waals surface area contributed by atoms with E-state index in [1.165, 1.54) is 30.5 Å². The molecule has 24 heavy (non-hydrogen) atoms. The molecule has 1 aromatic carbocycles. The smallest absolute Gasteiger partial charge is 0.288 e. The Morgan fingerprint density at radius 1 is 1.04 bits per heavy atom. The highest BCUT2D eigenvalue weighted by molar-refractivity contribution is 5.92. The Bertz CT molecular complexity index is 683. The minimum atomic E-state index is -4.63. The van der Waals surface area contributed by atoms with E-state index < -0.39 is 36.7 Å². The first-order chi connectivity index (χ1) is 11.3. The number of pyridine rings is 1. The third-order valence-electron chi connectivity index (χ3n) is 3.21. The van der Waals surface area contributed by atoms with E-state index >= 15 is 0 Å². The molecule has 1 aromatic heterocycles. The van der Waals surface area contributed by atoms with Crippen molar-refractivity contribution in [3.63, 3.8) is 0 Å². The Morgan fingerprint density at radius 3 is 2.25 bits per heavy atom. The summed E-state index contributed by atoms with van der Waals surface area (Å²) in [5.74, 6) is -2.78. The van der Waals surface area contributed by atoms with E-state index in [1.54, 1.807) is 0 Å². The van der Waals surface area contributed by atoms with Gasteiger partial charge in [0.25, 0.3) is 0 Å². The molecule has 2 aromatic rings. The van der Waals surface area contributed by atoms with Crippen molar-refractivity contribution in [2.45, 2.75) is 19.0 Å². The maximum Gasteiger partial charge on any atom is 0.406 e.